The lowest BCUT2D eigenvalue weighted by Gasteiger charge is -2.68. The van der Waals surface area contributed by atoms with Crippen molar-refractivity contribution < 1.29 is 31.7 Å². The van der Waals surface area contributed by atoms with E-state index in [9.17, 15) is 10.2 Å². The smallest absolute Gasteiger partial charge is 0.194 e. The Hall–Kier alpha value is -0.620. The van der Waals surface area contributed by atoms with Crippen molar-refractivity contribution in [2.75, 3.05) is 18.5 Å². The van der Waals surface area contributed by atoms with Crippen LogP contribution in [0, 0.1) is 17.8 Å². The highest BCUT2D eigenvalue weighted by Crippen LogP contribution is 2.71. The predicted octanol–water partition coefficient (Wildman–Crippen LogP) is -0.517. The summed E-state index contributed by atoms with van der Waals surface area (Å²) in [5, 5.41) is 23.6. The number of nitrogens with zero attached hydrogens (tertiary/aromatic N) is 2. The molecule has 5 bridgehead atoms. The normalized spacial score (nSPS) is 51.8. The standard InChI is InChI=1S/C23H33N2O2.BrH/c1-4-10-25-17-11-14(13(5-2)22(25)27)19-18(25)12-23(21(19)26)15-8-6-7-9-16(15)24(3)20(17)23;/h6-9,13-14,17-22,26-27H,4-5,10-12H2,1-3H3;1H/q+1;/p-1/t13-,14-,17-,18-,19?,20-,21+,22+,23+,25?;/m0./s1. The van der Waals surface area contributed by atoms with Crippen LogP contribution in [0.1, 0.15) is 45.1 Å². The van der Waals surface area contributed by atoms with Gasteiger partial charge in [-0.15, -0.1) is 0 Å². The lowest BCUT2D eigenvalue weighted by Crippen LogP contribution is -3.00. The highest BCUT2D eigenvalue weighted by Gasteiger charge is 2.82. The van der Waals surface area contributed by atoms with Crippen molar-refractivity contribution in [2.24, 2.45) is 17.8 Å². The molecule has 0 aromatic heterocycles. The van der Waals surface area contributed by atoms with Gasteiger partial charge in [0, 0.05) is 37.4 Å². The van der Waals surface area contributed by atoms with Crippen molar-refractivity contribution in [2.45, 2.75) is 75.4 Å². The fourth-order valence-electron chi connectivity index (χ4n) is 9.23. The molecule has 1 aliphatic carbocycles. The average molecular weight is 449 g/mol. The molecule has 28 heavy (non-hydrogen) atoms. The zero-order chi connectivity index (χ0) is 18.7. The van der Waals surface area contributed by atoms with Crippen LogP contribution in [0.25, 0.3) is 0 Å². The highest BCUT2D eigenvalue weighted by atomic mass is 79.9. The minimum atomic E-state index is -0.271. The number of likely N-dealkylation sites (N-methyl/N-ethyl adjacent to an activating group) is 1. The van der Waals surface area contributed by atoms with Crippen LogP contribution in [0.15, 0.2) is 24.3 Å². The van der Waals surface area contributed by atoms with E-state index in [0.29, 0.717) is 35.9 Å². The molecule has 5 heterocycles. The van der Waals surface area contributed by atoms with Crippen LogP contribution < -0.4 is 21.9 Å². The van der Waals surface area contributed by atoms with Crippen molar-refractivity contribution in [3.05, 3.63) is 29.8 Å². The van der Waals surface area contributed by atoms with E-state index in [1.165, 1.54) is 17.7 Å². The summed E-state index contributed by atoms with van der Waals surface area (Å²) in [6.07, 6.45) is 3.84. The van der Waals surface area contributed by atoms with Gasteiger partial charge in [0.05, 0.1) is 30.1 Å². The van der Waals surface area contributed by atoms with Gasteiger partial charge in [-0.1, -0.05) is 32.0 Å². The molecule has 154 valence electrons. The number of hydrogen-bond donors (Lipinski definition) is 2. The number of halogens is 1. The van der Waals surface area contributed by atoms with Gasteiger partial charge in [-0.3, -0.25) is 4.48 Å². The van der Waals surface area contributed by atoms with Gasteiger partial charge in [-0.25, -0.2) is 0 Å². The number of quaternary nitrogens is 1. The lowest BCUT2D eigenvalue weighted by molar-refractivity contribution is -1.04. The van der Waals surface area contributed by atoms with E-state index in [1.54, 1.807) is 0 Å². The van der Waals surface area contributed by atoms with E-state index < -0.39 is 0 Å². The summed E-state index contributed by atoms with van der Waals surface area (Å²) < 4.78 is 0.873. The summed E-state index contributed by atoms with van der Waals surface area (Å²) in [6, 6.07) is 9.97. The maximum Gasteiger partial charge on any atom is 0.194 e. The summed E-state index contributed by atoms with van der Waals surface area (Å²) in [7, 11) is 2.23. The van der Waals surface area contributed by atoms with Crippen LogP contribution >= 0.6 is 0 Å². The lowest BCUT2D eigenvalue weighted by atomic mass is 9.60. The third kappa shape index (κ3) is 1.73. The Kier molecular flexibility index (Phi) is 4.12. The number of hydrogen-bond acceptors (Lipinski definition) is 3. The summed E-state index contributed by atoms with van der Waals surface area (Å²) in [4.78, 5) is 2.48. The van der Waals surface area contributed by atoms with Gasteiger partial charge < -0.3 is 32.1 Å². The number of benzene rings is 1. The van der Waals surface area contributed by atoms with Gasteiger partial charge in [0.15, 0.2) is 6.23 Å². The first-order valence-corrected chi connectivity index (χ1v) is 11.1. The predicted molar refractivity (Wildman–Crippen MR) is 105 cm³/mol. The van der Waals surface area contributed by atoms with E-state index in [4.69, 9.17) is 0 Å². The first-order valence-electron chi connectivity index (χ1n) is 11.1. The number of rotatable bonds is 3. The molecule has 1 spiro atoms. The summed E-state index contributed by atoms with van der Waals surface area (Å²) >= 11 is 0. The Balaban J connectivity index is 0.00000171. The van der Waals surface area contributed by atoms with E-state index in [0.717, 1.165) is 30.3 Å². The van der Waals surface area contributed by atoms with Gasteiger partial charge in [0.1, 0.15) is 6.04 Å². The molecule has 0 amide bonds. The fraction of sp³-hybridized carbons (Fsp3) is 0.739. The zero-order valence-electron chi connectivity index (χ0n) is 17.1. The molecule has 5 aliphatic heterocycles. The Labute approximate surface area is 178 Å². The second-order valence-corrected chi connectivity index (χ2v) is 10.1. The Morgan fingerprint density at radius 3 is 2.64 bits per heavy atom. The molecule has 1 aromatic carbocycles. The SMILES string of the molecule is CCC[N+]12[C@H](O)[C@@H](CC)[C@@H]3C[C@H]1[C@@H]1N(C)c4ccccc4[C@]14C[C@H]2C3[C@H]4O.[Br-]. The molecule has 10 atom stereocenters. The number of fused-ring (bicyclic) bond motifs is 2. The quantitative estimate of drug-likeness (QED) is 0.611. The van der Waals surface area contributed by atoms with Crippen LogP contribution in [-0.4, -0.2) is 58.7 Å². The minimum absolute atomic E-state index is 0. The Morgan fingerprint density at radius 1 is 1.18 bits per heavy atom. The number of anilines is 1. The molecule has 2 N–H and O–H groups in total. The molecule has 1 aromatic rings. The topological polar surface area (TPSA) is 43.7 Å². The molecule has 1 saturated carbocycles. The molecule has 6 aliphatic rings. The Bertz CT molecular complexity index is 805. The van der Waals surface area contributed by atoms with Crippen LogP contribution in [0.4, 0.5) is 5.69 Å². The molecule has 4 saturated heterocycles. The fourth-order valence-corrected chi connectivity index (χ4v) is 9.23. The van der Waals surface area contributed by atoms with E-state index in [1.807, 2.05) is 0 Å². The van der Waals surface area contributed by atoms with E-state index in [2.05, 4.69) is 50.1 Å². The van der Waals surface area contributed by atoms with E-state index >= 15 is 0 Å². The van der Waals surface area contributed by atoms with Crippen LogP contribution in [0.5, 0.6) is 0 Å². The zero-order valence-corrected chi connectivity index (χ0v) is 18.7. The maximum atomic E-state index is 11.9. The monoisotopic (exact) mass is 448 g/mol. The van der Waals surface area contributed by atoms with Gasteiger partial charge in [0.2, 0.25) is 0 Å². The summed E-state index contributed by atoms with van der Waals surface area (Å²) in [5.74, 6) is 1.18. The molecule has 4 nitrogen and oxygen atoms in total. The van der Waals surface area contributed by atoms with Crippen molar-refractivity contribution in [1.82, 2.24) is 0 Å². The molecule has 2 unspecified atom stereocenters. The third-order valence-electron chi connectivity index (χ3n) is 9.73. The average Bonchev–Trinajstić information content (AvgIpc) is 3.06. The van der Waals surface area contributed by atoms with E-state index in [-0.39, 0.29) is 34.7 Å². The van der Waals surface area contributed by atoms with Gasteiger partial charge in [0.25, 0.3) is 0 Å². The number of aliphatic hydroxyl groups excluding tert-OH is 2. The van der Waals surface area contributed by atoms with Crippen molar-refractivity contribution in [3.63, 3.8) is 0 Å². The molecule has 5 fully saturated rings. The molecule has 5 heteroatoms. The number of piperidine rings is 4. The molecular weight excluding hydrogens is 416 g/mol. The van der Waals surface area contributed by atoms with Crippen molar-refractivity contribution in [1.29, 1.82) is 0 Å². The first-order chi connectivity index (χ1) is 13.0. The minimum Gasteiger partial charge on any atom is -1.00 e. The third-order valence-corrected chi connectivity index (χ3v) is 9.73. The number of aliphatic hydroxyl groups is 2. The number of para-hydroxylation sites is 1. The molecule has 7 rings (SSSR count). The Morgan fingerprint density at radius 2 is 1.93 bits per heavy atom. The second-order valence-electron chi connectivity index (χ2n) is 10.1. The molecule has 0 radical (unpaired) electrons. The highest BCUT2D eigenvalue weighted by molar-refractivity contribution is 5.66. The maximum absolute atomic E-state index is 11.9. The van der Waals surface area contributed by atoms with Crippen LogP contribution in [-0.2, 0) is 5.41 Å². The summed E-state index contributed by atoms with van der Waals surface area (Å²) in [6.45, 7) is 5.56. The van der Waals surface area contributed by atoms with Crippen molar-refractivity contribution in [3.8, 4) is 0 Å². The van der Waals surface area contributed by atoms with Crippen molar-refractivity contribution >= 4 is 5.69 Å². The first kappa shape index (κ1) is 19.3. The van der Waals surface area contributed by atoms with Gasteiger partial charge >= 0.3 is 0 Å². The van der Waals surface area contributed by atoms with Gasteiger partial charge in [-0.2, -0.15) is 0 Å². The van der Waals surface area contributed by atoms with Crippen LogP contribution in [0.2, 0.25) is 0 Å². The summed E-state index contributed by atoms with van der Waals surface area (Å²) in [5.41, 5.74) is 2.56. The second kappa shape index (κ2) is 5.96. The largest absolute Gasteiger partial charge is 1.00 e. The van der Waals surface area contributed by atoms with Crippen LogP contribution in [0.3, 0.4) is 0 Å². The van der Waals surface area contributed by atoms with Gasteiger partial charge in [-0.05, 0) is 30.4 Å². The molecular formula is C23H33BrN2O2.